The molecule has 2 heterocycles. The Hall–Kier alpha value is -3.50. The Morgan fingerprint density at radius 2 is 1.95 bits per heavy atom. The Morgan fingerprint density at radius 1 is 1.18 bits per heavy atom. The highest BCUT2D eigenvalue weighted by atomic mass is 19.1. The summed E-state index contributed by atoms with van der Waals surface area (Å²) in [6.45, 7) is 1.05. The largest absolute Gasteiger partial charge is 0.491 e. The summed E-state index contributed by atoms with van der Waals surface area (Å²) in [4.78, 5) is 44.2. The van der Waals surface area contributed by atoms with Crippen molar-refractivity contribution in [3.8, 4) is 5.75 Å². The smallest absolute Gasteiger partial charge is 0.246 e. The third-order valence-electron chi connectivity index (χ3n) is 7.29. The lowest BCUT2D eigenvalue weighted by molar-refractivity contribution is -0.149. The minimum atomic E-state index is -0.760. The fraction of sp³-hybridized carbons (Fsp3) is 0.483. The van der Waals surface area contributed by atoms with Crippen LogP contribution in [0.5, 0.6) is 5.75 Å². The summed E-state index contributed by atoms with van der Waals surface area (Å²) in [7, 11) is 3.99. The lowest BCUT2D eigenvalue weighted by Crippen LogP contribution is -2.61. The molecule has 10 heteroatoms. The molecule has 0 saturated carbocycles. The number of nitrogens with one attached hydrogen (secondary N) is 2. The van der Waals surface area contributed by atoms with Crippen molar-refractivity contribution in [2.75, 3.05) is 33.9 Å². The van der Waals surface area contributed by atoms with Gasteiger partial charge in [-0.15, -0.1) is 0 Å². The number of halogens is 1. The van der Waals surface area contributed by atoms with Crippen molar-refractivity contribution in [3.05, 3.63) is 65.5 Å². The van der Waals surface area contributed by atoms with Gasteiger partial charge in [0.15, 0.2) is 0 Å². The van der Waals surface area contributed by atoms with E-state index in [0.717, 1.165) is 24.9 Å². The first-order valence-corrected chi connectivity index (χ1v) is 13.4. The Balaban J connectivity index is 1.58. The van der Waals surface area contributed by atoms with E-state index in [4.69, 9.17) is 9.84 Å². The van der Waals surface area contributed by atoms with Gasteiger partial charge in [-0.25, -0.2) is 4.39 Å². The number of unbranched alkanes of at least 4 members (excludes halogenated alkanes) is 1. The Morgan fingerprint density at radius 3 is 2.67 bits per heavy atom. The van der Waals surface area contributed by atoms with E-state index in [1.807, 2.05) is 20.2 Å². The second-order valence-corrected chi connectivity index (χ2v) is 10.4. The van der Waals surface area contributed by atoms with Gasteiger partial charge in [-0.1, -0.05) is 24.3 Å². The predicted octanol–water partition coefficient (Wildman–Crippen LogP) is 2.00. The van der Waals surface area contributed by atoms with Gasteiger partial charge in [-0.05, 0) is 81.7 Å². The van der Waals surface area contributed by atoms with Crippen LogP contribution in [-0.2, 0) is 20.9 Å². The molecule has 2 aromatic rings. The molecule has 0 aliphatic carbocycles. The van der Waals surface area contributed by atoms with Gasteiger partial charge in [0.1, 0.15) is 30.3 Å². The third-order valence-corrected chi connectivity index (χ3v) is 7.29. The van der Waals surface area contributed by atoms with Crippen LogP contribution >= 0.6 is 0 Å². The van der Waals surface area contributed by atoms with Crippen LogP contribution in [0.3, 0.4) is 0 Å². The molecule has 2 aromatic carbocycles. The molecule has 4 atom stereocenters. The third kappa shape index (κ3) is 6.93. The van der Waals surface area contributed by atoms with Gasteiger partial charge >= 0.3 is 0 Å². The van der Waals surface area contributed by atoms with Crippen LogP contribution in [0.2, 0.25) is 0 Å². The summed E-state index contributed by atoms with van der Waals surface area (Å²) in [6, 6.07) is 10.9. The summed E-state index contributed by atoms with van der Waals surface area (Å²) >= 11 is 0. The van der Waals surface area contributed by atoms with E-state index in [1.54, 1.807) is 35.2 Å². The summed E-state index contributed by atoms with van der Waals surface area (Å²) in [5, 5.41) is 15.0. The highest BCUT2D eigenvalue weighted by Gasteiger charge is 2.54. The van der Waals surface area contributed by atoms with Crippen LogP contribution in [0.25, 0.3) is 0 Å². The van der Waals surface area contributed by atoms with E-state index in [0.29, 0.717) is 17.7 Å². The van der Waals surface area contributed by atoms with E-state index < -0.39 is 24.0 Å². The molecular weight excluding hydrogens is 503 g/mol. The zero-order valence-corrected chi connectivity index (χ0v) is 22.4. The first kappa shape index (κ1) is 28.5. The number of carbonyl (C=O) groups excluding carboxylic acids is 3. The maximum absolute atomic E-state index is 13.8. The molecule has 39 heavy (non-hydrogen) atoms. The standard InChI is InChI=1S/C29H37FN4O5/c1-33(2)13-4-3-8-24-29(38)34-25(28(37)32-24)17-23(27(36)31-18-19-9-11-21(30)12-10-19)26(34)20-6-5-7-22(16-20)39-15-14-35/h5-7,9-12,16,23-26,35H,3-4,8,13-15,17-18H2,1-2H3,(H,31,36)(H,32,37)/t23-,24-,25-,26-/m0/s1. The normalized spacial score (nSPS) is 22.5. The number of aliphatic hydroxyl groups excluding tert-OH is 1. The SMILES string of the molecule is CN(C)CCCC[C@@H]1NC(=O)[C@@H]2C[C@H](C(=O)NCc3ccc(F)cc3)[C@H](c3cccc(OCCO)c3)N2C1=O. The van der Waals surface area contributed by atoms with E-state index in [1.165, 1.54) is 12.1 Å². The molecule has 0 spiro atoms. The molecule has 0 radical (unpaired) electrons. The van der Waals surface area contributed by atoms with E-state index in [9.17, 15) is 18.8 Å². The van der Waals surface area contributed by atoms with Crippen LogP contribution in [0, 0.1) is 11.7 Å². The molecule has 210 valence electrons. The molecule has 4 rings (SSSR count). The monoisotopic (exact) mass is 540 g/mol. The molecular formula is C29H37FN4O5. The number of ether oxygens (including phenoxy) is 1. The van der Waals surface area contributed by atoms with Crippen LogP contribution < -0.4 is 15.4 Å². The number of carbonyl (C=O) groups is 3. The number of piperazine rings is 1. The van der Waals surface area contributed by atoms with Crippen molar-refractivity contribution >= 4 is 17.7 Å². The predicted molar refractivity (Wildman–Crippen MR) is 143 cm³/mol. The minimum Gasteiger partial charge on any atom is -0.491 e. The first-order chi connectivity index (χ1) is 18.8. The van der Waals surface area contributed by atoms with E-state index >= 15 is 0 Å². The number of nitrogens with zero attached hydrogens (tertiary/aromatic N) is 2. The zero-order valence-electron chi connectivity index (χ0n) is 22.4. The number of fused-ring (bicyclic) bond motifs is 1. The second-order valence-electron chi connectivity index (χ2n) is 10.4. The molecule has 3 N–H and O–H groups in total. The molecule has 0 bridgehead atoms. The lowest BCUT2D eigenvalue weighted by atomic mass is 9.92. The number of hydrogen-bond donors (Lipinski definition) is 3. The van der Waals surface area contributed by atoms with E-state index in [2.05, 4.69) is 15.5 Å². The fourth-order valence-electron chi connectivity index (χ4n) is 5.39. The van der Waals surface area contributed by atoms with Crippen molar-refractivity contribution < 1.29 is 28.6 Å². The van der Waals surface area contributed by atoms with Gasteiger partial charge in [0.2, 0.25) is 17.7 Å². The number of amides is 3. The molecule has 0 unspecified atom stereocenters. The maximum atomic E-state index is 13.8. The van der Waals surface area contributed by atoms with Gasteiger partial charge < -0.3 is 30.3 Å². The van der Waals surface area contributed by atoms with Gasteiger partial charge in [-0.2, -0.15) is 0 Å². The zero-order chi connectivity index (χ0) is 27.9. The van der Waals surface area contributed by atoms with Crippen molar-refractivity contribution in [2.45, 2.75) is 50.4 Å². The van der Waals surface area contributed by atoms with Crippen molar-refractivity contribution in [1.82, 2.24) is 20.4 Å². The molecule has 0 aromatic heterocycles. The van der Waals surface area contributed by atoms with Crippen molar-refractivity contribution in [1.29, 1.82) is 0 Å². The Labute approximate surface area is 228 Å². The lowest BCUT2D eigenvalue weighted by Gasteiger charge is -2.38. The average molecular weight is 541 g/mol. The van der Waals surface area contributed by atoms with Crippen molar-refractivity contribution in [3.63, 3.8) is 0 Å². The highest BCUT2D eigenvalue weighted by molar-refractivity contribution is 5.99. The summed E-state index contributed by atoms with van der Waals surface area (Å²) in [6.07, 6.45) is 2.39. The molecule has 2 aliphatic rings. The molecule has 9 nitrogen and oxygen atoms in total. The molecule has 3 amide bonds. The van der Waals surface area contributed by atoms with Gasteiger partial charge in [-0.3, -0.25) is 14.4 Å². The Bertz CT molecular complexity index is 1160. The average Bonchev–Trinajstić information content (AvgIpc) is 3.34. The van der Waals surface area contributed by atoms with Crippen LogP contribution in [0.15, 0.2) is 48.5 Å². The fourth-order valence-corrected chi connectivity index (χ4v) is 5.39. The number of benzene rings is 2. The van der Waals surface area contributed by atoms with Gasteiger partial charge in [0, 0.05) is 6.54 Å². The van der Waals surface area contributed by atoms with Crippen LogP contribution in [-0.4, -0.2) is 78.6 Å². The maximum Gasteiger partial charge on any atom is 0.246 e. The second kappa shape index (κ2) is 13.0. The topological polar surface area (TPSA) is 111 Å². The summed E-state index contributed by atoms with van der Waals surface area (Å²) < 4.78 is 18.9. The molecule has 2 fully saturated rings. The quantitative estimate of drug-likeness (QED) is 0.355. The van der Waals surface area contributed by atoms with Gasteiger partial charge in [0.25, 0.3) is 0 Å². The van der Waals surface area contributed by atoms with E-state index in [-0.39, 0.29) is 49.7 Å². The first-order valence-electron chi connectivity index (χ1n) is 13.4. The minimum absolute atomic E-state index is 0.110. The number of aliphatic hydroxyl groups is 1. The number of rotatable bonds is 12. The van der Waals surface area contributed by atoms with Crippen LogP contribution in [0.1, 0.15) is 42.9 Å². The molecule has 2 aliphatic heterocycles. The van der Waals surface area contributed by atoms with Crippen molar-refractivity contribution in [2.24, 2.45) is 5.92 Å². The highest BCUT2D eigenvalue weighted by Crippen LogP contribution is 2.44. The summed E-state index contributed by atoms with van der Waals surface area (Å²) in [5.74, 6) is -1.26. The number of hydrogen-bond acceptors (Lipinski definition) is 6. The Kier molecular flexibility index (Phi) is 9.53. The van der Waals surface area contributed by atoms with Gasteiger partial charge in [0.05, 0.1) is 18.6 Å². The molecule has 2 saturated heterocycles. The summed E-state index contributed by atoms with van der Waals surface area (Å²) in [5.41, 5.74) is 1.42. The van der Waals surface area contributed by atoms with Crippen LogP contribution in [0.4, 0.5) is 4.39 Å².